The molecule has 0 aliphatic rings. The Balaban J connectivity index is 4.53. The summed E-state index contributed by atoms with van der Waals surface area (Å²) in [5, 5.41) is 0. The molecule has 0 aliphatic carbocycles. The number of rotatable bonds is 56. The summed E-state index contributed by atoms with van der Waals surface area (Å²) in [6.45, 7) is 6.35. The largest absolute Gasteiger partial charge is 0.462 e. The standard InChI is InChI=1S/C72H116O6/c1-4-7-10-13-16-19-22-25-28-31-33-35-36-38-39-41-44-47-50-53-56-59-62-65-71(74)77-68-69(67-76-70(73)64-61-58-55-52-49-46-43-30-27-24-21-18-15-12-9-6-3)78-72(75)66-63-60-57-54-51-48-45-42-40-37-34-32-29-26-23-20-17-14-11-8-5-2/h7-8,10-11,16-17,19-20,25-26,28-30,33-35,37-39,43-44,47,53,56,69H,4-6,9,12-15,18,21-24,27,31-32,36,40-42,45-46,48-52,54-55,57-68H2,1-3H3/b10-7-,11-8-,19-16-,20-17-,28-25-,29-26-,35-33-,37-34-,39-38-,43-30-,47-44-,56-53-. The number of hydrogen-bond acceptors (Lipinski definition) is 6. The Hall–Kier alpha value is -4.71. The van der Waals surface area contributed by atoms with Crippen molar-refractivity contribution in [3.8, 4) is 0 Å². The zero-order valence-corrected chi connectivity index (χ0v) is 50.4. The minimum absolute atomic E-state index is 0.108. The second kappa shape index (κ2) is 64.8. The van der Waals surface area contributed by atoms with E-state index in [2.05, 4.69) is 167 Å². The molecule has 0 aromatic heterocycles. The first-order chi connectivity index (χ1) is 38.5. The van der Waals surface area contributed by atoms with Crippen molar-refractivity contribution in [2.75, 3.05) is 13.2 Å². The summed E-state index contributed by atoms with van der Waals surface area (Å²) >= 11 is 0. The first kappa shape index (κ1) is 73.3. The van der Waals surface area contributed by atoms with Crippen molar-refractivity contribution in [2.24, 2.45) is 0 Å². The number of unbranched alkanes of at least 4 members (excludes halogenated alkanes) is 21. The van der Waals surface area contributed by atoms with E-state index in [9.17, 15) is 14.4 Å². The van der Waals surface area contributed by atoms with Crippen molar-refractivity contribution in [3.63, 3.8) is 0 Å². The zero-order chi connectivity index (χ0) is 56.4. The molecule has 0 aromatic carbocycles. The number of ether oxygens (including phenoxy) is 3. The Labute approximate surface area is 480 Å². The lowest BCUT2D eigenvalue weighted by molar-refractivity contribution is -0.167. The number of carbonyl (C=O) groups is 3. The van der Waals surface area contributed by atoms with Crippen LogP contribution in [-0.4, -0.2) is 37.2 Å². The summed E-state index contributed by atoms with van der Waals surface area (Å²) in [5.74, 6) is -0.986. The van der Waals surface area contributed by atoms with E-state index in [4.69, 9.17) is 14.2 Å². The highest BCUT2D eigenvalue weighted by atomic mass is 16.6. The van der Waals surface area contributed by atoms with Gasteiger partial charge < -0.3 is 14.2 Å². The molecule has 0 saturated carbocycles. The zero-order valence-electron chi connectivity index (χ0n) is 50.4. The van der Waals surface area contributed by atoms with Crippen LogP contribution in [0.4, 0.5) is 0 Å². The van der Waals surface area contributed by atoms with Crippen LogP contribution in [0.5, 0.6) is 0 Å². The summed E-state index contributed by atoms with van der Waals surface area (Å²) < 4.78 is 16.9. The highest BCUT2D eigenvalue weighted by Crippen LogP contribution is 2.14. The van der Waals surface area contributed by atoms with E-state index in [1.165, 1.54) is 89.9 Å². The van der Waals surface area contributed by atoms with E-state index < -0.39 is 6.10 Å². The Bertz CT molecular complexity index is 1710. The van der Waals surface area contributed by atoms with Gasteiger partial charge >= 0.3 is 17.9 Å². The summed E-state index contributed by atoms with van der Waals surface area (Å²) in [4.78, 5) is 38.3. The van der Waals surface area contributed by atoms with Crippen LogP contribution in [0.25, 0.3) is 0 Å². The lowest BCUT2D eigenvalue weighted by Crippen LogP contribution is -2.30. The van der Waals surface area contributed by atoms with Gasteiger partial charge in [-0.2, -0.15) is 0 Å². The smallest absolute Gasteiger partial charge is 0.306 e. The predicted octanol–water partition coefficient (Wildman–Crippen LogP) is 21.9. The SMILES string of the molecule is CC/C=C\C/C=C\C/C=C\C/C=C\C/C=C\C/C=C\C/C=C\CCCC(=O)OCC(COC(=O)CCCCCCC/C=C\CCCCCCCCC)OC(=O)CCCCCCCCCC/C=C\C/C=C\C/C=C\C/C=C\CC. The van der Waals surface area contributed by atoms with Crippen molar-refractivity contribution in [2.45, 2.75) is 277 Å². The van der Waals surface area contributed by atoms with Crippen LogP contribution in [0, 0.1) is 0 Å². The minimum Gasteiger partial charge on any atom is -0.462 e. The summed E-state index contributed by atoms with van der Waals surface area (Å²) in [7, 11) is 0. The molecule has 0 N–H and O–H groups in total. The topological polar surface area (TPSA) is 78.9 Å². The van der Waals surface area contributed by atoms with E-state index in [1.54, 1.807) is 0 Å². The lowest BCUT2D eigenvalue weighted by atomic mass is 10.1. The van der Waals surface area contributed by atoms with Gasteiger partial charge in [0.2, 0.25) is 0 Å². The molecule has 0 spiro atoms. The molecule has 0 amide bonds. The van der Waals surface area contributed by atoms with Crippen LogP contribution in [0.3, 0.4) is 0 Å². The quantitative estimate of drug-likeness (QED) is 0.0261. The maximum Gasteiger partial charge on any atom is 0.306 e. The molecule has 0 aromatic rings. The minimum atomic E-state index is -0.817. The molecule has 0 saturated heterocycles. The van der Waals surface area contributed by atoms with E-state index >= 15 is 0 Å². The average molecular weight is 1080 g/mol. The van der Waals surface area contributed by atoms with Crippen LogP contribution in [0.2, 0.25) is 0 Å². The Morgan fingerprint density at radius 1 is 0.269 bits per heavy atom. The van der Waals surface area contributed by atoms with E-state index in [1.807, 2.05) is 0 Å². The van der Waals surface area contributed by atoms with Gasteiger partial charge in [0.25, 0.3) is 0 Å². The lowest BCUT2D eigenvalue weighted by Gasteiger charge is -2.18. The molecule has 0 bridgehead atoms. The van der Waals surface area contributed by atoms with Gasteiger partial charge in [-0.25, -0.2) is 0 Å². The van der Waals surface area contributed by atoms with E-state index in [-0.39, 0.29) is 37.5 Å². The number of allylic oxidation sites excluding steroid dienone is 24. The number of hydrogen-bond donors (Lipinski definition) is 0. The van der Waals surface area contributed by atoms with Gasteiger partial charge in [0.15, 0.2) is 6.10 Å². The first-order valence-corrected chi connectivity index (χ1v) is 31.8. The monoisotopic (exact) mass is 1080 g/mol. The van der Waals surface area contributed by atoms with Crippen LogP contribution < -0.4 is 0 Å². The first-order valence-electron chi connectivity index (χ1n) is 31.8. The Morgan fingerprint density at radius 3 is 0.846 bits per heavy atom. The van der Waals surface area contributed by atoms with Gasteiger partial charge in [-0.1, -0.05) is 263 Å². The second-order valence-electron chi connectivity index (χ2n) is 20.5. The summed E-state index contributed by atoms with van der Waals surface area (Å²) in [6.07, 6.45) is 92.8. The summed E-state index contributed by atoms with van der Waals surface area (Å²) in [5.41, 5.74) is 0. The van der Waals surface area contributed by atoms with Gasteiger partial charge in [0.1, 0.15) is 13.2 Å². The third-order valence-corrected chi connectivity index (χ3v) is 13.1. The van der Waals surface area contributed by atoms with Crippen molar-refractivity contribution in [3.05, 3.63) is 146 Å². The molecular formula is C72H116O6. The molecule has 440 valence electrons. The van der Waals surface area contributed by atoms with Crippen molar-refractivity contribution in [1.82, 2.24) is 0 Å². The van der Waals surface area contributed by atoms with Crippen molar-refractivity contribution < 1.29 is 28.6 Å². The van der Waals surface area contributed by atoms with E-state index in [0.717, 1.165) is 135 Å². The Morgan fingerprint density at radius 2 is 0.513 bits per heavy atom. The summed E-state index contributed by atoms with van der Waals surface area (Å²) in [6, 6.07) is 0. The third-order valence-electron chi connectivity index (χ3n) is 13.1. The molecule has 1 atom stereocenters. The fourth-order valence-corrected chi connectivity index (χ4v) is 8.36. The van der Waals surface area contributed by atoms with Crippen molar-refractivity contribution in [1.29, 1.82) is 0 Å². The average Bonchev–Trinajstić information content (AvgIpc) is 3.44. The molecule has 0 rings (SSSR count). The highest BCUT2D eigenvalue weighted by Gasteiger charge is 2.19. The highest BCUT2D eigenvalue weighted by molar-refractivity contribution is 5.71. The number of esters is 3. The van der Waals surface area contributed by atoms with Gasteiger partial charge in [-0.15, -0.1) is 0 Å². The second-order valence-corrected chi connectivity index (χ2v) is 20.5. The molecule has 78 heavy (non-hydrogen) atoms. The molecule has 0 aliphatic heterocycles. The molecular weight excluding hydrogens is 961 g/mol. The van der Waals surface area contributed by atoms with Crippen LogP contribution in [0.15, 0.2) is 146 Å². The molecule has 6 nitrogen and oxygen atoms in total. The van der Waals surface area contributed by atoms with Crippen LogP contribution >= 0.6 is 0 Å². The molecule has 1 unspecified atom stereocenters. The van der Waals surface area contributed by atoms with Gasteiger partial charge in [-0.05, 0) is 135 Å². The van der Waals surface area contributed by atoms with Crippen LogP contribution in [0.1, 0.15) is 271 Å². The maximum atomic E-state index is 12.9. The fourth-order valence-electron chi connectivity index (χ4n) is 8.36. The van der Waals surface area contributed by atoms with Gasteiger partial charge in [-0.3, -0.25) is 14.4 Å². The van der Waals surface area contributed by atoms with Gasteiger partial charge in [0.05, 0.1) is 0 Å². The molecule has 0 radical (unpaired) electrons. The molecule has 0 fully saturated rings. The van der Waals surface area contributed by atoms with Crippen molar-refractivity contribution >= 4 is 17.9 Å². The molecule has 6 heteroatoms. The normalized spacial score (nSPS) is 13.1. The number of carbonyl (C=O) groups excluding carboxylic acids is 3. The predicted molar refractivity (Wildman–Crippen MR) is 339 cm³/mol. The van der Waals surface area contributed by atoms with E-state index in [0.29, 0.717) is 19.3 Å². The third kappa shape index (κ3) is 62.1. The van der Waals surface area contributed by atoms with Crippen LogP contribution in [-0.2, 0) is 28.6 Å². The molecule has 0 heterocycles. The fraction of sp³-hybridized carbons (Fsp3) is 0.625. The maximum absolute atomic E-state index is 12.9. The Kier molecular flexibility index (Phi) is 60.9. The van der Waals surface area contributed by atoms with Gasteiger partial charge in [0, 0.05) is 19.3 Å².